The maximum atomic E-state index is 5.97. The van der Waals surface area contributed by atoms with E-state index in [9.17, 15) is 0 Å². The van der Waals surface area contributed by atoms with Gasteiger partial charge in [0.25, 0.3) is 0 Å². The van der Waals surface area contributed by atoms with Crippen LogP contribution in [0.1, 0.15) is 28.2 Å². The Kier molecular flexibility index (Phi) is 5.62. The van der Waals surface area contributed by atoms with Crippen LogP contribution in [0.4, 0.5) is 0 Å². The van der Waals surface area contributed by atoms with Crippen LogP contribution in [-0.2, 0) is 6.61 Å². The molecule has 2 aromatic carbocycles. The maximum absolute atomic E-state index is 5.97. The Bertz CT molecular complexity index is 1380. The topological polar surface area (TPSA) is 66.6 Å². The van der Waals surface area contributed by atoms with Crippen LogP contribution < -0.4 is 4.74 Å². The van der Waals surface area contributed by atoms with Crippen molar-refractivity contribution in [1.29, 1.82) is 0 Å². The van der Waals surface area contributed by atoms with Gasteiger partial charge in [0.15, 0.2) is 0 Å². The Hall–Kier alpha value is -4.38. The molecule has 0 bridgehead atoms. The zero-order valence-corrected chi connectivity index (χ0v) is 17.4. The molecule has 0 fully saturated rings. The molecule has 2 N–H and O–H groups in total. The van der Waals surface area contributed by atoms with Crippen molar-refractivity contribution < 1.29 is 4.74 Å². The van der Waals surface area contributed by atoms with Crippen LogP contribution in [0.2, 0.25) is 0 Å². The van der Waals surface area contributed by atoms with Crippen molar-refractivity contribution >= 4 is 35.2 Å². The quantitative estimate of drug-likeness (QED) is 0.330. The van der Waals surface area contributed by atoms with E-state index in [0.717, 1.165) is 39.5 Å². The summed E-state index contributed by atoms with van der Waals surface area (Å²) in [5, 5.41) is 8.67. The lowest BCUT2D eigenvalue weighted by atomic mass is 10.1. The van der Waals surface area contributed by atoms with E-state index in [-0.39, 0.29) is 0 Å². The van der Waals surface area contributed by atoms with Crippen LogP contribution in [-0.4, -0.2) is 20.2 Å². The SMILES string of the molecule is C(=C\c1cc(/C=C/c2ccccc2OCc2ccccn2)n[nH]1)/c1ccc2cc[nH]c2c1. The lowest BCUT2D eigenvalue weighted by Gasteiger charge is -2.08. The first-order valence-electron chi connectivity index (χ1n) is 10.4. The van der Waals surface area contributed by atoms with Gasteiger partial charge in [0, 0.05) is 23.5 Å². The summed E-state index contributed by atoms with van der Waals surface area (Å²) >= 11 is 0. The Labute approximate surface area is 186 Å². The molecule has 5 aromatic rings. The first-order valence-corrected chi connectivity index (χ1v) is 10.4. The van der Waals surface area contributed by atoms with Gasteiger partial charge in [-0.15, -0.1) is 0 Å². The first-order chi connectivity index (χ1) is 15.8. The van der Waals surface area contributed by atoms with E-state index in [1.54, 1.807) is 6.20 Å². The number of fused-ring (bicyclic) bond motifs is 1. The number of pyridine rings is 1. The molecule has 0 saturated heterocycles. The van der Waals surface area contributed by atoms with Gasteiger partial charge in [-0.3, -0.25) is 10.1 Å². The van der Waals surface area contributed by atoms with E-state index >= 15 is 0 Å². The minimum Gasteiger partial charge on any atom is -0.487 e. The molecule has 0 aliphatic rings. The van der Waals surface area contributed by atoms with Crippen LogP contribution in [0.3, 0.4) is 0 Å². The number of hydrogen-bond donors (Lipinski definition) is 2. The third kappa shape index (κ3) is 4.68. The highest BCUT2D eigenvalue weighted by Crippen LogP contribution is 2.22. The van der Waals surface area contributed by atoms with Gasteiger partial charge in [-0.05, 0) is 65.6 Å². The highest BCUT2D eigenvalue weighted by atomic mass is 16.5. The molecule has 5 nitrogen and oxygen atoms in total. The minimum absolute atomic E-state index is 0.428. The third-order valence-electron chi connectivity index (χ3n) is 5.11. The zero-order chi connectivity index (χ0) is 21.6. The number of H-pyrrole nitrogens is 2. The van der Waals surface area contributed by atoms with Crippen LogP contribution in [0, 0.1) is 0 Å². The predicted molar refractivity (Wildman–Crippen MR) is 130 cm³/mol. The predicted octanol–water partition coefficient (Wildman–Crippen LogP) is 6.21. The van der Waals surface area contributed by atoms with Crippen molar-refractivity contribution in [3.8, 4) is 5.75 Å². The number of aromatic amines is 2. The number of nitrogens with one attached hydrogen (secondary N) is 2. The zero-order valence-electron chi connectivity index (χ0n) is 17.4. The highest BCUT2D eigenvalue weighted by molar-refractivity contribution is 5.83. The summed E-state index contributed by atoms with van der Waals surface area (Å²) in [4.78, 5) is 7.55. The molecule has 0 unspecified atom stereocenters. The maximum Gasteiger partial charge on any atom is 0.130 e. The number of hydrogen-bond acceptors (Lipinski definition) is 3. The van der Waals surface area contributed by atoms with Crippen molar-refractivity contribution in [2.45, 2.75) is 6.61 Å². The second kappa shape index (κ2) is 9.18. The molecule has 5 rings (SSSR count). The van der Waals surface area contributed by atoms with Crippen LogP contribution in [0.15, 0.2) is 85.2 Å². The Morgan fingerprint density at radius 2 is 1.78 bits per heavy atom. The van der Waals surface area contributed by atoms with Gasteiger partial charge in [0.2, 0.25) is 0 Å². The molecule has 3 heterocycles. The van der Waals surface area contributed by atoms with Gasteiger partial charge >= 0.3 is 0 Å². The molecule has 0 saturated carbocycles. The fourth-order valence-corrected chi connectivity index (χ4v) is 3.44. The van der Waals surface area contributed by atoms with Gasteiger partial charge in [0.05, 0.1) is 17.1 Å². The monoisotopic (exact) mass is 418 g/mol. The number of nitrogens with zero attached hydrogens (tertiary/aromatic N) is 2. The molecule has 0 aliphatic carbocycles. The van der Waals surface area contributed by atoms with Gasteiger partial charge in [-0.25, -0.2) is 0 Å². The summed E-state index contributed by atoms with van der Waals surface area (Å²) in [6, 6.07) is 24.2. The van der Waals surface area contributed by atoms with E-state index in [1.165, 1.54) is 5.39 Å². The fraction of sp³-hybridized carbons (Fsp3) is 0.0370. The normalized spacial score (nSPS) is 11.6. The molecule has 3 aromatic heterocycles. The molecule has 0 spiro atoms. The number of ether oxygens (including phenoxy) is 1. The molecule has 0 radical (unpaired) electrons. The standard InChI is InChI=1S/C27H22N4O/c1-2-7-27(32-19-25-6-3-4-15-28-25)22(5-1)11-13-24-18-23(30-31-24)12-9-20-8-10-21-14-16-29-26(21)17-20/h1-18,29H,19H2,(H,30,31)/b12-9+,13-11+. The number of para-hydroxylation sites is 1. The molecule has 0 atom stereocenters. The summed E-state index contributed by atoms with van der Waals surface area (Å²) in [6.07, 6.45) is 11.8. The Morgan fingerprint density at radius 1 is 0.844 bits per heavy atom. The molecule has 0 aliphatic heterocycles. The van der Waals surface area contributed by atoms with Crippen molar-refractivity contribution in [2.75, 3.05) is 0 Å². The smallest absolute Gasteiger partial charge is 0.130 e. The van der Waals surface area contributed by atoms with E-state index in [4.69, 9.17) is 4.74 Å². The summed E-state index contributed by atoms with van der Waals surface area (Å²) < 4.78 is 5.97. The molecular formula is C27H22N4O. The van der Waals surface area contributed by atoms with E-state index in [0.29, 0.717) is 6.61 Å². The van der Waals surface area contributed by atoms with Crippen LogP contribution >= 0.6 is 0 Å². The van der Waals surface area contributed by atoms with E-state index in [2.05, 4.69) is 50.5 Å². The van der Waals surface area contributed by atoms with Gasteiger partial charge < -0.3 is 9.72 Å². The van der Waals surface area contributed by atoms with E-state index < -0.39 is 0 Å². The van der Waals surface area contributed by atoms with Crippen LogP contribution in [0.25, 0.3) is 35.2 Å². The van der Waals surface area contributed by atoms with Crippen LogP contribution in [0.5, 0.6) is 5.75 Å². The molecule has 32 heavy (non-hydrogen) atoms. The lowest BCUT2D eigenvalue weighted by Crippen LogP contribution is -1.98. The Balaban J connectivity index is 1.26. The number of rotatable bonds is 7. The summed E-state index contributed by atoms with van der Waals surface area (Å²) in [5.74, 6) is 0.810. The second-order valence-electron chi connectivity index (χ2n) is 7.39. The average molecular weight is 419 g/mol. The third-order valence-corrected chi connectivity index (χ3v) is 5.11. The van der Waals surface area contributed by atoms with Gasteiger partial charge in [0.1, 0.15) is 12.4 Å². The van der Waals surface area contributed by atoms with Gasteiger partial charge in [-0.2, -0.15) is 5.10 Å². The fourth-order valence-electron chi connectivity index (χ4n) is 3.44. The molecule has 156 valence electrons. The average Bonchev–Trinajstić information content (AvgIpc) is 3.50. The van der Waals surface area contributed by atoms with E-state index in [1.807, 2.05) is 73.0 Å². The van der Waals surface area contributed by atoms with Crippen molar-refractivity contribution in [3.63, 3.8) is 0 Å². The molecule has 0 amide bonds. The van der Waals surface area contributed by atoms with Crippen molar-refractivity contribution in [2.24, 2.45) is 0 Å². The largest absolute Gasteiger partial charge is 0.487 e. The molecular weight excluding hydrogens is 396 g/mol. The van der Waals surface area contributed by atoms with Crippen molar-refractivity contribution in [3.05, 3.63) is 113 Å². The summed E-state index contributed by atoms with van der Waals surface area (Å²) in [6.45, 7) is 0.428. The minimum atomic E-state index is 0.428. The highest BCUT2D eigenvalue weighted by Gasteiger charge is 2.02. The molecule has 5 heteroatoms. The number of aromatic nitrogens is 4. The lowest BCUT2D eigenvalue weighted by molar-refractivity contribution is 0.300. The summed E-state index contributed by atoms with van der Waals surface area (Å²) in [5.41, 5.74) is 5.93. The first kappa shape index (κ1) is 19.6. The summed E-state index contributed by atoms with van der Waals surface area (Å²) in [7, 11) is 0. The number of benzene rings is 2. The second-order valence-corrected chi connectivity index (χ2v) is 7.39. The van der Waals surface area contributed by atoms with Gasteiger partial charge in [-0.1, -0.05) is 42.5 Å². The Morgan fingerprint density at radius 3 is 2.72 bits per heavy atom. The van der Waals surface area contributed by atoms with Crippen molar-refractivity contribution in [1.82, 2.24) is 20.2 Å².